The smallest absolute Gasteiger partial charge is 0.407 e. The Morgan fingerprint density at radius 3 is 2.83 bits per heavy atom. The van der Waals surface area contributed by atoms with E-state index >= 15 is 0 Å². The number of hydrogen-bond donors (Lipinski definition) is 2. The number of fused-ring (bicyclic) bond motifs is 3. The van der Waals surface area contributed by atoms with Crippen molar-refractivity contribution in [3.8, 4) is 0 Å². The number of nitrogens with one attached hydrogen (secondary N) is 2. The van der Waals surface area contributed by atoms with E-state index in [1.165, 1.54) is 5.69 Å². The van der Waals surface area contributed by atoms with Crippen molar-refractivity contribution in [3.63, 3.8) is 0 Å². The fraction of sp³-hybridized carbons (Fsp3) is 0.304. The molecule has 0 radical (unpaired) electrons. The third-order valence-electron chi connectivity index (χ3n) is 5.34. The predicted octanol–water partition coefficient (Wildman–Crippen LogP) is 4.41. The molecule has 1 aliphatic heterocycles. The molecule has 0 saturated carbocycles. The van der Waals surface area contributed by atoms with E-state index in [4.69, 9.17) is 16.3 Å². The zero-order chi connectivity index (χ0) is 20.9. The van der Waals surface area contributed by atoms with Gasteiger partial charge in [-0.05, 0) is 30.2 Å². The van der Waals surface area contributed by atoms with Gasteiger partial charge >= 0.3 is 6.09 Å². The van der Waals surface area contributed by atoms with Crippen LogP contribution in [0, 0.1) is 0 Å². The SMILES string of the molecule is O=C(NCCCC(=O)N1CCc2[nH]c3ccc(Cl)cc3c2C1)OCc1ccccc1. The van der Waals surface area contributed by atoms with Crippen molar-refractivity contribution in [1.82, 2.24) is 15.2 Å². The molecule has 2 heterocycles. The van der Waals surface area contributed by atoms with Crippen LogP contribution < -0.4 is 5.32 Å². The highest BCUT2D eigenvalue weighted by atomic mass is 35.5. The van der Waals surface area contributed by atoms with Crippen LogP contribution in [0.1, 0.15) is 29.7 Å². The number of H-pyrrole nitrogens is 1. The number of alkyl carbamates (subject to hydrolysis) is 1. The molecule has 1 aromatic heterocycles. The minimum Gasteiger partial charge on any atom is -0.445 e. The van der Waals surface area contributed by atoms with Gasteiger partial charge in [0.25, 0.3) is 0 Å². The highest BCUT2D eigenvalue weighted by molar-refractivity contribution is 6.31. The second kappa shape index (κ2) is 9.22. The van der Waals surface area contributed by atoms with Crippen LogP contribution in [0.4, 0.5) is 4.79 Å². The maximum absolute atomic E-state index is 12.6. The molecule has 0 fully saturated rings. The van der Waals surface area contributed by atoms with Gasteiger partial charge < -0.3 is 19.9 Å². The summed E-state index contributed by atoms with van der Waals surface area (Å²) < 4.78 is 5.17. The predicted molar refractivity (Wildman–Crippen MR) is 116 cm³/mol. The highest BCUT2D eigenvalue weighted by Crippen LogP contribution is 2.30. The lowest BCUT2D eigenvalue weighted by molar-refractivity contribution is -0.132. The first-order valence-electron chi connectivity index (χ1n) is 10.1. The summed E-state index contributed by atoms with van der Waals surface area (Å²) in [5.74, 6) is 0.0940. The van der Waals surface area contributed by atoms with E-state index in [9.17, 15) is 9.59 Å². The van der Waals surface area contributed by atoms with E-state index in [0.717, 1.165) is 28.5 Å². The number of benzene rings is 2. The molecule has 1 aliphatic rings. The standard InChI is InChI=1S/C23H24ClN3O3/c24-17-8-9-20-18(13-17)19-14-27(12-10-21(19)26-20)22(28)7-4-11-25-23(29)30-15-16-5-2-1-3-6-16/h1-3,5-6,8-9,13,26H,4,7,10-12,14-15H2,(H,25,29). The van der Waals surface area contributed by atoms with Crippen molar-refractivity contribution in [2.75, 3.05) is 13.1 Å². The van der Waals surface area contributed by atoms with E-state index in [1.54, 1.807) is 0 Å². The Bertz CT molecular complexity index is 1050. The summed E-state index contributed by atoms with van der Waals surface area (Å²) in [5, 5.41) is 4.48. The van der Waals surface area contributed by atoms with Crippen molar-refractivity contribution >= 4 is 34.5 Å². The van der Waals surface area contributed by atoms with Gasteiger partial charge in [0.05, 0.1) is 0 Å². The van der Waals surface area contributed by atoms with E-state index in [0.29, 0.717) is 37.5 Å². The molecular weight excluding hydrogens is 402 g/mol. The summed E-state index contributed by atoms with van der Waals surface area (Å²) in [6.07, 6.45) is 1.29. The monoisotopic (exact) mass is 425 g/mol. The number of halogens is 1. The second-order valence-electron chi connectivity index (χ2n) is 7.43. The van der Waals surface area contributed by atoms with Crippen molar-refractivity contribution < 1.29 is 14.3 Å². The number of hydrogen-bond acceptors (Lipinski definition) is 3. The Labute approximate surface area is 180 Å². The minimum absolute atomic E-state index is 0.0940. The number of rotatable bonds is 6. The molecule has 0 aliphatic carbocycles. The maximum atomic E-state index is 12.6. The van der Waals surface area contributed by atoms with Gasteiger partial charge in [0.15, 0.2) is 0 Å². The lowest BCUT2D eigenvalue weighted by Crippen LogP contribution is -2.36. The Balaban J connectivity index is 1.22. The first-order valence-corrected chi connectivity index (χ1v) is 10.5. The summed E-state index contributed by atoms with van der Waals surface area (Å²) in [7, 11) is 0. The average molecular weight is 426 g/mol. The molecule has 2 N–H and O–H groups in total. The van der Waals surface area contributed by atoms with Crippen LogP contribution in [-0.4, -0.2) is 35.0 Å². The highest BCUT2D eigenvalue weighted by Gasteiger charge is 2.23. The van der Waals surface area contributed by atoms with Gasteiger partial charge in [-0.15, -0.1) is 0 Å². The Morgan fingerprint density at radius 1 is 1.17 bits per heavy atom. The minimum atomic E-state index is -0.468. The van der Waals surface area contributed by atoms with Crippen LogP contribution in [0.15, 0.2) is 48.5 Å². The van der Waals surface area contributed by atoms with Crippen molar-refractivity contribution in [2.24, 2.45) is 0 Å². The zero-order valence-electron chi connectivity index (χ0n) is 16.6. The molecule has 6 nitrogen and oxygen atoms in total. The number of ether oxygens (including phenoxy) is 1. The van der Waals surface area contributed by atoms with E-state index in [1.807, 2.05) is 53.4 Å². The van der Waals surface area contributed by atoms with E-state index < -0.39 is 6.09 Å². The second-order valence-corrected chi connectivity index (χ2v) is 7.87. The molecule has 4 rings (SSSR count). The van der Waals surface area contributed by atoms with Gasteiger partial charge in [-0.2, -0.15) is 0 Å². The molecule has 3 aromatic rings. The maximum Gasteiger partial charge on any atom is 0.407 e. The van der Waals surface area contributed by atoms with E-state index in [-0.39, 0.29) is 12.5 Å². The molecule has 7 heteroatoms. The van der Waals surface area contributed by atoms with Crippen molar-refractivity contribution in [2.45, 2.75) is 32.4 Å². The lowest BCUT2D eigenvalue weighted by atomic mass is 10.0. The third kappa shape index (κ3) is 4.76. The number of carbonyl (C=O) groups excluding carboxylic acids is 2. The fourth-order valence-electron chi connectivity index (χ4n) is 3.76. The lowest BCUT2D eigenvalue weighted by Gasteiger charge is -2.27. The van der Waals surface area contributed by atoms with Gasteiger partial charge in [-0.1, -0.05) is 41.9 Å². The largest absolute Gasteiger partial charge is 0.445 e. The molecule has 156 valence electrons. The van der Waals surface area contributed by atoms with Crippen molar-refractivity contribution in [3.05, 3.63) is 70.4 Å². The van der Waals surface area contributed by atoms with Crippen LogP contribution in [0.2, 0.25) is 5.02 Å². The van der Waals surface area contributed by atoms with Gasteiger partial charge in [0, 0.05) is 59.7 Å². The quantitative estimate of drug-likeness (QED) is 0.574. The molecule has 2 aromatic carbocycles. The number of aromatic amines is 1. The third-order valence-corrected chi connectivity index (χ3v) is 5.57. The average Bonchev–Trinajstić information content (AvgIpc) is 3.13. The molecule has 0 bridgehead atoms. The molecule has 2 amide bonds. The summed E-state index contributed by atoms with van der Waals surface area (Å²) in [6, 6.07) is 15.3. The molecule has 0 atom stereocenters. The van der Waals surface area contributed by atoms with Gasteiger partial charge in [0.2, 0.25) is 5.91 Å². The topological polar surface area (TPSA) is 74.4 Å². The first kappa shape index (κ1) is 20.3. The van der Waals surface area contributed by atoms with Crippen LogP contribution in [0.25, 0.3) is 10.9 Å². The molecule has 0 unspecified atom stereocenters. The summed E-state index contributed by atoms with van der Waals surface area (Å²) in [4.78, 5) is 29.7. The van der Waals surface area contributed by atoms with Crippen LogP contribution in [0.3, 0.4) is 0 Å². The van der Waals surface area contributed by atoms with Crippen LogP contribution in [0.5, 0.6) is 0 Å². The number of carbonyl (C=O) groups is 2. The molecule has 30 heavy (non-hydrogen) atoms. The first-order chi connectivity index (χ1) is 14.6. The molecular formula is C23H24ClN3O3. The van der Waals surface area contributed by atoms with Gasteiger partial charge in [-0.25, -0.2) is 4.79 Å². The number of amides is 2. The zero-order valence-corrected chi connectivity index (χ0v) is 17.4. The molecule has 0 spiro atoms. The van der Waals surface area contributed by atoms with Gasteiger partial charge in [0.1, 0.15) is 6.61 Å². The number of nitrogens with zero attached hydrogens (tertiary/aromatic N) is 1. The molecule has 0 saturated heterocycles. The Kier molecular flexibility index (Phi) is 6.23. The van der Waals surface area contributed by atoms with E-state index in [2.05, 4.69) is 10.3 Å². The fourth-order valence-corrected chi connectivity index (χ4v) is 3.93. The normalized spacial score (nSPS) is 13.2. The number of aromatic nitrogens is 1. The van der Waals surface area contributed by atoms with Crippen LogP contribution >= 0.6 is 11.6 Å². The van der Waals surface area contributed by atoms with Crippen LogP contribution in [-0.2, 0) is 29.1 Å². The Morgan fingerprint density at radius 2 is 2.00 bits per heavy atom. The summed E-state index contributed by atoms with van der Waals surface area (Å²) >= 11 is 6.15. The Hall–Kier alpha value is -2.99. The van der Waals surface area contributed by atoms with Gasteiger partial charge in [-0.3, -0.25) is 4.79 Å². The summed E-state index contributed by atoms with van der Waals surface area (Å²) in [6.45, 7) is 1.91. The summed E-state index contributed by atoms with van der Waals surface area (Å²) in [5.41, 5.74) is 4.32. The van der Waals surface area contributed by atoms with Crippen molar-refractivity contribution in [1.29, 1.82) is 0 Å².